The number of carbonyl (C=O) groups excluding carboxylic acids is 2. The standard InChI is InChI=1S/C18H17N5O2/c1-12-10-17(24)19-13-6-2-5-9-16(13)23(12)18(25)11-22-15-8-4-3-7-14(15)20-21-22/h2-9,12H,10-11H2,1H3,(H,19,24). The van der Waals surface area contributed by atoms with Crippen LogP contribution in [-0.2, 0) is 16.1 Å². The number of fused-ring (bicyclic) bond motifs is 2. The summed E-state index contributed by atoms with van der Waals surface area (Å²) in [6.07, 6.45) is 0.249. The Morgan fingerprint density at radius 2 is 1.96 bits per heavy atom. The predicted molar refractivity (Wildman–Crippen MR) is 94.2 cm³/mol. The van der Waals surface area contributed by atoms with Gasteiger partial charge in [-0.15, -0.1) is 5.10 Å². The Hall–Kier alpha value is -3.22. The van der Waals surface area contributed by atoms with Crippen molar-refractivity contribution in [1.82, 2.24) is 15.0 Å². The molecule has 2 aromatic carbocycles. The maximum Gasteiger partial charge on any atom is 0.249 e. The number of hydrogen-bond acceptors (Lipinski definition) is 4. The fourth-order valence-corrected chi connectivity index (χ4v) is 3.21. The highest BCUT2D eigenvalue weighted by molar-refractivity contribution is 6.04. The van der Waals surface area contributed by atoms with Crippen LogP contribution in [0.3, 0.4) is 0 Å². The topological polar surface area (TPSA) is 80.1 Å². The van der Waals surface area contributed by atoms with Crippen LogP contribution in [0.15, 0.2) is 48.5 Å². The summed E-state index contributed by atoms with van der Waals surface area (Å²) in [5.41, 5.74) is 2.90. The Kier molecular flexibility index (Phi) is 3.68. The minimum atomic E-state index is -0.245. The van der Waals surface area contributed by atoms with E-state index in [0.29, 0.717) is 11.4 Å². The van der Waals surface area contributed by atoms with E-state index in [1.165, 1.54) is 0 Å². The Bertz CT molecular complexity index is 965. The number of benzene rings is 2. The van der Waals surface area contributed by atoms with Crippen LogP contribution in [0.5, 0.6) is 0 Å². The van der Waals surface area contributed by atoms with Gasteiger partial charge in [0, 0.05) is 12.5 Å². The van der Waals surface area contributed by atoms with Gasteiger partial charge >= 0.3 is 0 Å². The molecule has 25 heavy (non-hydrogen) atoms. The quantitative estimate of drug-likeness (QED) is 0.778. The van der Waals surface area contributed by atoms with E-state index in [1.807, 2.05) is 49.4 Å². The van der Waals surface area contributed by atoms with Crippen molar-refractivity contribution < 1.29 is 9.59 Å². The maximum atomic E-state index is 13.0. The highest BCUT2D eigenvalue weighted by Gasteiger charge is 2.29. The summed E-state index contributed by atoms with van der Waals surface area (Å²) in [4.78, 5) is 26.7. The molecule has 0 bridgehead atoms. The highest BCUT2D eigenvalue weighted by atomic mass is 16.2. The number of nitrogens with one attached hydrogen (secondary N) is 1. The zero-order chi connectivity index (χ0) is 17.4. The van der Waals surface area contributed by atoms with Crippen molar-refractivity contribution in [3.63, 3.8) is 0 Å². The van der Waals surface area contributed by atoms with E-state index in [-0.39, 0.29) is 30.8 Å². The second-order valence-electron chi connectivity index (χ2n) is 6.12. The predicted octanol–water partition coefficient (Wildman–Crippen LogP) is 2.20. The third-order valence-electron chi connectivity index (χ3n) is 4.33. The van der Waals surface area contributed by atoms with Crippen molar-refractivity contribution in [3.05, 3.63) is 48.5 Å². The number of para-hydroxylation sites is 3. The van der Waals surface area contributed by atoms with Gasteiger partial charge in [0.1, 0.15) is 12.1 Å². The zero-order valence-electron chi connectivity index (χ0n) is 13.7. The number of carbonyl (C=O) groups is 2. The van der Waals surface area contributed by atoms with Gasteiger partial charge in [-0.05, 0) is 31.2 Å². The first-order valence-corrected chi connectivity index (χ1v) is 8.12. The molecule has 126 valence electrons. The molecule has 1 aromatic heterocycles. The Balaban J connectivity index is 1.70. The van der Waals surface area contributed by atoms with Gasteiger partial charge in [-0.1, -0.05) is 29.5 Å². The Labute approximate surface area is 144 Å². The van der Waals surface area contributed by atoms with E-state index >= 15 is 0 Å². The van der Waals surface area contributed by atoms with Crippen LogP contribution in [-0.4, -0.2) is 32.9 Å². The van der Waals surface area contributed by atoms with Gasteiger partial charge in [-0.25, -0.2) is 4.68 Å². The molecule has 7 heteroatoms. The lowest BCUT2D eigenvalue weighted by molar-refractivity contribution is -0.120. The second kappa shape index (κ2) is 6.01. The Morgan fingerprint density at radius 3 is 2.84 bits per heavy atom. The fourth-order valence-electron chi connectivity index (χ4n) is 3.21. The van der Waals surface area contributed by atoms with Crippen molar-refractivity contribution in [3.8, 4) is 0 Å². The lowest BCUT2D eigenvalue weighted by Gasteiger charge is -2.27. The van der Waals surface area contributed by atoms with Crippen molar-refractivity contribution in [2.75, 3.05) is 10.2 Å². The molecule has 1 unspecified atom stereocenters. The molecule has 3 aromatic rings. The molecule has 0 aliphatic carbocycles. The molecule has 1 N–H and O–H groups in total. The Morgan fingerprint density at radius 1 is 1.20 bits per heavy atom. The first kappa shape index (κ1) is 15.3. The first-order valence-electron chi connectivity index (χ1n) is 8.12. The number of aromatic nitrogens is 3. The lowest BCUT2D eigenvalue weighted by atomic mass is 10.1. The number of nitrogens with zero attached hydrogens (tertiary/aromatic N) is 4. The summed E-state index contributed by atoms with van der Waals surface area (Å²) >= 11 is 0. The number of amides is 2. The molecule has 4 rings (SSSR count). The summed E-state index contributed by atoms with van der Waals surface area (Å²) in [6.45, 7) is 1.94. The monoisotopic (exact) mass is 335 g/mol. The molecule has 2 heterocycles. The van der Waals surface area contributed by atoms with E-state index in [4.69, 9.17) is 0 Å². The molecule has 7 nitrogen and oxygen atoms in total. The molecule has 0 fully saturated rings. The largest absolute Gasteiger partial charge is 0.324 e. The van der Waals surface area contributed by atoms with Crippen LogP contribution in [0.25, 0.3) is 11.0 Å². The summed E-state index contributed by atoms with van der Waals surface area (Å²) in [5.74, 6) is -0.228. The molecule has 0 radical (unpaired) electrons. The molecule has 0 spiro atoms. The van der Waals surface area contributed by atoms with E-state index in [0.717, 1.165) is 11.0 Å². The number of rotatable bonds is 2. The molecular formula is C18H17N5O2. The van der Waals surface area contributed by atoms with Crippen LogP contribution in [0, 0.1) is 0 Å². The molecular weight excluding hydrogens is 318 g/mol. The van der Waals surface area contributed by atoms with Crippen LogP contribution in [0.4, 0.5) is 11.4 Å². The summed E-state index contributed by atoms with van der Waals surface area (Å²) in [5, 5.41) is 11.0. The molecule has 1 aliphatic rings. The fraction of sp³-hybridized carbons (Fsp3) is 0.222. The molecule has 1 aliphatic heterocycles. The maximum absolute atomic E-state index is 13.0. The van der Waals surface area contributed by atoms with Gasteiger partial charge in [0.25, 0.3) is 0 Å². The van der Waals surface area contributed by atoms with Crippen molar-refractivity contribution >= 4 is 34.2 Å². The van der Waals surface area contributed by atoms with Gasteiger partial charge in [-0.2, -0.15) is 0 Å². The van der Waals surface area contributed by atoms with E-state index in [9.17, 15) is 9.59 Å². The van der Waals surface area contributed by atoms with Gasteiger partial charge < -0.3 is 10.2 Å². The van der Waals surface area contributed by atoms with E-state index in [1.54, 1.807) is 15.6 Å². The lowest BCUT2D eigenvalue weighted by Crippen LogP contribution is -2.41. The summed E-state index contributed by atoms with van der Waals surface area (Å²) in [6, 6.07) is 14.6. The average Bonchev–Trinajstić information content (AvgIpc) is 2.93. The van der Waals surface area contributed by atoms with Gasteiger partial charge in [0.15, 0.2) is 0 Å². The summed E-state index contributed by atoms with van der Waals surface area (Å²) < 4.78 is 1.59. The van der Waals surface area contributed by atoms with Crippen molar-refractivity contribution in [2.45, 2.75) is 25.9 Å². The molecule has 1 atom stereocenters. The van der Waals surface area contributed by atoms with Crippen LogP contribution >= 0.6 is 0 Å². The van der Waals surface area contributed by atoms with Crippen LogP contribution in [0.1, 0.15) is 13.3 Å². The normalized spacial score (nSPS) is 17.1. The average molecular weight is 335 g/mol. The first-order chi connectivity index (χ1) is 12.1. The minimum absolute atomic E-state index is 0.0629. The zero-order valence-corrected chi connectivity index (χ0v) is 13.7. The van der Waals surface area contributed by atoms with Crippen LogP contribution < -0.4 is 10.2 Å². The third-order valence-corrected chi connectivity index (χ3v) is 4.33. The van der Waals surface area contributed by atoms with Crippen LogP contribution in [0.2, 0.25) is 0 Å². The van der Waals surface area contributed by atoms with Crippen molar-refractivity contribution in [2.24, 2.45) is 0 Å². The highest BCUT2D eigenvalue weighted by Crippen LogP contribution is 2.31. The minimum Gasteiger partial charge on any atom is -0.324 e. The van der Waals surface area contributed by atoms with Gasteiger partial charge in [0.2, 0.25) is 11.8 Å². The van der Waals surface area contributed by atoms with Gasteiger partial charge in [0.05, 0.1) is 16.9 Å². The number of hydrogen-bond donors (Lipinski definition) is 1. The second-order valence-corrected chi connectivity index (χ2v) is 6.12. The SMILES string of the molecule is CC1CC(=O)Nc2ccccc2N1C(=O)Cn1nnc2ccccc21. The summed E-state index contributed by atoms with van der Waals surface area (Å²) in [7, 11) is 0. The van der Waals surface area contributed by atoms with Gasteiger partial charge in [-0.3, -0.25) is 9.59 Å². The smallest absolute Gasteiger partial charge is 0.249 e. The third kappa shape index (κ3) is 2.73. The number of anilines is 2. The van der Waals surface area contributed by atoms with Crippen molar-refractivity contribution in [1.29, 1.82) is 0 Å². The molecule has 2 amide bonds. The van der Waals surface area contributed by atoms with E-state index < -0.39 is 0 Å². The van der Waals surface area contributed by atoms with E-state index in [2.05, 4.69) is 15.6 Å². The molecule has 0 saturated heterocycles. The molecule has 0 saturated carbocycles.